The average molecular weight is 540 g/mol. The fourth-order valence-electron chi connectivity index (χ4n) is 6.05. The number of hydrogen-bond acceptors (Lipinski definition) is 7. The topological polar surface area (TPSA) is 149 Å². The van der Waals surface area contributed by atoms with E-state index in [4.69, 9.17) is 15.7 Å². The molecule has 40 heavy (non-hydrogen) atoms. The summed E-state index contributed by atoms with van der Waals surface area (Å²) in [4.78, 5) is 42.9. The maximum Gasteiger partial charge on any atom is 0.306 e. The van der Waals surface area contributed by atoms with Crippen LogP contribution < -0.4 is 11.1 Å². The molecule has 1 amide bonds. The van der Waals surface area contributed by atoms with Crippen LogP contribution in [0.2, 0.25) is 0 Å². The minimum Gasteiger partial charge on any atom is -0.481 e. The van der Waals surface area contributed by atoms with Crippen molar-refractivity contribution in [1.82, 2.24) is 24.5 Å². The predicted molar refractivity (Wildman–Crippen MR) is 152 cm³/mol. The molecule has 0 aromatic carbocycles. The first kappa shape index (κ1) is 25.9. The second-order valence-electron chi connectivity index (χ2n) is 10.9. The summed E-state index contributed by atoms with van der Waals surface area (Å²) >= 11 is 0. The largest absolute Gasteiger partial charge is 0.481 e. The molecule has 0 saturated heterocycles. The molecule has 4 aromatic heterocycles. The Balaban J connectivity index is 1.31. The van der Waals surface area contributed by atoms with E-state index in [1.54, 1.807) is 18.5 Å². The van der Waals surface area contributed by atoms with E-state index < -0.39 is 5.97 Å². The van der Waals surface area contributed by atoms with Crippen LogP contribution in [0.5, 0.6) is 0 Å². The van der Waals surface area contributed by atoms with E-state index >= 15 is 0 Å². The van der Waals surface area contributed by atoms with Crippen molar-refractivity contribution in [3.63, 3.8) is 0 Å². The summed E-state index contributed by atoms with van der Waals surface area (Å²) < 4.78 is 1.96. The molecule has 206 valence electrons. The molecule has 10 heteroatoms. The number of nitrogen functional groups attached to an aromatic ring is 1. The first-order chi connectivity index (χ1) is 19.5. The number of aromatic nitrogens is 5. The van der Waals surface area contributed by atoms with Crippen LogP contribution in [0.15, 0.2) is 48.8 Å². The number of imidazole rings is 1. The smallest absolute Gasteiger partial charge is 0.306 e. The van der Waals surface area contributed by atoms with E-state index in [9.17, 15) is 14.7 Å². The number of pyridine rings is 3. The average Bonchev–Trinajstić information content (AvgIpc) is 3.37. The lowest BCUT2D eigenvalue weighted by Crippen LogP contribution is -2.29. The Hall–Kier alpha value is -4.34. The molecule has 0 atom stereocenters. The fraction of sp³-hybridized carbons (Fsp3) is 0.400. The summed E-state index contributed by atoms with van der Waals surface area (Å²) in [6, 6.07) is 11.5. The minimum atomic E-state index is -0.782. The summed E-state index contributed by atoms with van der Waals surface area (Å²) in [5, 5.41) is 12.1. The summed E-state index contributed by atoms with van der Waals surface area (Å²) in [5.41, 5.74) is 10.3. The number of nitrogens with one attached hydrogen (secondary N) is 1. The second-order valence-corrected chi connectivity index (χ2v) is 10.9. The van der Waals surface area contributed by atoms with E-state index in [1.165, 1.54) is 19.3 Å². The zero-order chi connectivity index (χ0) is 27.6. The highest BCUT2D eigenvalue weighted by Crippen LogP contribution is 2.35. The van der Waals surface area contributed by atoms with Gasteiger partial charge >= 0.3 is 5.97 Å². The van der Waals surface area contributed by atoms with Gasteiger partial charge in [0.1, 0.15) is 17.2 Å². The van der Waals surface area contributed by atoms with Crippen molar-refractivity contribution in [1.29, 1.82) is 0 Å². The van der Waals surface area contributed by atoms with Gasteiger partial charge in [-0.05, 0) is 74.9 Å². The number of hydrogen-bond donors (Lipinski definition) is 3. The van der Waals surface area contributed by atoms with E-state index in [-0.39, 0.29) is 17.7 Å². The summed E-state index contributed by atoms with van der Waals surface area (Å²) in [6.45, 7) is 0. The van der Waals surface area contributed by atoms with E-state index in [0.29, 0.717) is 54.6 Å². The van der Waals surface area contributed by atoms with Gasteiger partial charge in [-0.1, -0.05) is 19.3 Å². The number of amides is 1. The van der Waals surface area contributed by atoms with Crippen molar-refractivity contribution in [2.24, 2.45) is 11.8 Å². The number of nitrogens with zero attached hydrogens (tertiary/aromatic N) is 5. The number of nitrogens with two attached hydrogens (primary N) is 1. The van der Waals surface area contributed by atoms with Crippen LogP contribution in [0, 0.1) is 11.8 Å². The Labute approximate surface area is 232 Å². The summed E-state index contributed by atoms with van der Waals surface area (Å²) in [6.07, 6.45) is 11.5. The van der Waals surface area contributed by atoms with Crippen LogP contribution in [-0.4, -0.2) is 41.5 Å². The number of carbonyl (C=O) groups is 2. The third-order valence-electron chi connectivity index (χ3n) is 8.33. The van der Waals surface area contributed by atoms with Gasteiger partial charge in [0, 0.05) is 23.7 Å². The van der Waals surface area contributed by atoms with E-state index in [1.807, 2.05) is 28.8 Å². The lowest BCUT2D eigenvalue weighted by molar-refractivity contribution is -0.143. The van der Waals surface area contributed by atoms with Gasteiger partial charge in [-0.25, -0.2) is 19.9 Å². The molecule has 4 aromatic rings. The van der Waals surface area contributed by atoms with Crippen molar-refractivity contribution >= 4 is 34.7 Å². The van der Waals surface area contributed by atoms with Crippen LogP contribution in [-0.2, 0) is 9.59 Å². The lowest BCUT2D eigenvalue weighted by atomic mass is 9.81. The Kier molecular flexibility index (Phi) is 7.15. The number of anilines is 2. The molecule has 0 spiro atoms. The van der Waals surface area contributed by atoms with Gasteiger partial charge in [-0.3, -0.25) is 14.2 Å². The van der Waals surface area contributed by atoms with Gasteiger partial charge in [-0.2, -0.15) is 0 Å². The summed E-state index contributed by atoms with van der Waals surface area (Å²) in [7, 11) is 0. The van der Waals surface area contributed by atoms with Crippen LogP contribution in [0.1, 0.15) is 69.4 Å². The van der Waals surface area contributed by atoms with Crippen LogP contribution in [0.25, 0.3) is 28.2 Å². The number of fused-ring (bicyclic) bond motifs is 1. The van der Waals surface area contributed by atoms with Crippen LogP contribution in [0.3, 0.4) is 0 Å². The van der Waals surface area contributed by atoms with Gasteiger partial charge in [0.25, 0.3) is 0 Å². The monoisotopic (exact) mass is 539 g/mol. The van der Waals surface area contributed by atoms with Gasteiger partial charge in [-0.15, -0.1) is 0 Å². The summed E-state index contributed by atoms with van der Waals surface area (Å²) in [5.74, 6) is 0.407. The SMILES string of the molecule is Nc1ncccc1-c1nc2ccc(C3CCCCC3)nc2n1-c1ccc(NC(=O)C2CCC(C(=O)O)CC2)nc1. The third kappa shape index (κ3) is 5.13. The molecule has 0 bridgehead atoms. The maximum atomic E-state index is 12.9. The van der Waals surface area contributed by atoms with Crippen molar-refractivity contribution in [2.75, 3.05) is 11.1 Å². The van der Waals surface area contributed by atoms with Gasteiger partial charge in [0.2, 0.25) is 5.91 Å². The van der Waals surface area contributed by atoms with Crippen LogP contribution in [0.4, 0.5) is 11.6 Å². The third-order valence-corrected chi connectivity index (χ3v) is 8.33. The van der Waals surface area contributed by atoms with Crippen LogP contribution >= 0.6 is 0 Å². The first-order valence-corrected chi connectivity index (χ1v) is 14.1. The number of aliphatic carboxylic acids is 1. The molecular weight excluding hydrogens is 506 g/mol. The van der Waals surface area contributed by atoms with Crippen molar-refractivity contribution in [2.45, 2.75) is 63.7 Å². The molecule has 6 rings (SSSR count). The molecule has 0 unspecified atom stereocenters. The molecule has 10 nitrogen and oxygen atoms in total. The van der Waals surface area contributed by atoms with E-state index in [0.717, 1.165) is 35.4 Å². The predicted octanol–water partition coefficient (Wildman–Crippen LogP) is 5.34. The van der Waals surface area contributed by atoms with Gasteiger partial charge < -0.3 is 16.2 Å². The molecule has 2 saturated carbocycles. The Morgan fingerprint density at radius 1 is 0.900 bits per heavy atom. The highest BCUT2D eigenvalue weighted by atomic mass is 16.4. The highest BCUT2D eigenvalue weighted by molar-refractivity contribution is 5.92. The molecular formula is C30H33N7O3. The molecule has 2 aliphatic carbocycles. The first-order valence-electron chi connectivity index (χ1n) is 14.1. The second kappa shape index (κ2) is 11.0. The molecule has 2 aliphatic rings. The maximum absolute atomic E-state index is 12.9. The zero-order valence-corrected chi connectivity index (χ0v) is 22.3. The Morgan fingerprint density at radius 3 is 2.38 bits per heavy atom. The zero-order valence-electron chi connectivity index (χ0n) is 22.3. The minimum absolute atomic E-state index is 0.125. The highest BCUT2D eigenvalue weighted by Gasteiger charge is 2.30. The molecule has 4 N–H and O–H groups in total. The Bertz CT molecular complexity index is 1530. The number of rotatable bonds is 6. The van der Waals surface area contributed by atoms with E-state index in [2.05, 4.69) is 21.4 Å². The number of carboxylic acids is 1. The molecule has 0 radical (unpaired) electrons. The van der Waals surface area contributed by atoms with Crippen molar-refractivity contribution < 1.29 is 14.7 Å². The Morgan fingerprint density at radius 2 is 1.68 bits per heavy atom. The number of carboxylic acid groups (broad SMARTS) is 1. The van der Waals surface area contributed by atoms with Crippen molar-refractivity contribution in [3.05, 3.63) is 54.5 Å². The molecule has 2 fully saturated rings. The standard InChI is InChI=1S/C30H33N7O3/c31-26-22(7-4-16-32-26)27-35-24-14-13-23(18-5-2-1-3-6-18)34-28(24)37(27)21-12-15-25(33-17-21)36-29(38)19-8-10-20(11-9-19)30(39)40/h4,7,12-20H,1-3,5-6,8-11H2,(H2,31,32)(H,39,40)(H,33,36,38). The fourth-order valence-corrected chi connectivity index (χ4v) is 6.05. The quantitative estimate of drug-likeness (QED) is 0.297. The van der Waals surface area contributed by atoms with Gasteiger partial charge in [0.15, 0.2) is 11.5 Å². The normalized spacial score (nSPS) is 19.9. The van der Waals surface area contributed by atoms with Gasteiger partial charge in [0.05, 0.1) is 23.4 Å². The molecule has 4 heterocycles. The van der Waals surface area contributed by atoms with Crippen molar-refractivity contribution in [3.8, 4) is 17.1 Å². The number of carbonyl (C=O) groups excluding carboxylic acids is 1. The molecule has 0 aliphatic heterocycles. The lowest BCUT2D eigenvalue weighted by Gasteiger charge is -2.25.